The molecule has 1 fully saturated rings. The third-order valence-corrected chi connectivity index (χ3v) is 5.27. The van der Waals surface area contributed by atoms with Gasteiger partial charge < -0.3 is 15.0 Å². The monoisotopic (exact) mass is 384 g/mol. The molecule has 1 saturated heterocycles. The minimum Gasteiger partial charge on any atom is -0.377 e. The molecule has 1 aliphatic heterocycles. The number of urea groups is 1. The van der Waals surface area contributed by atoms with Gasteiger partial charge in [0.05, 0.1) is 29.6 Å². The number of aromatic nitrogens is 4. The predicted molar refractivity (Wildman–Crippen MR) is 103 cm³/mol. The SMILES string of the molecule is Cc1nc(-c2ccccc2NC(=O)N2CCOCC2c2ncnn2C)cs1. The number of para-hydroxylation sites is 1. The maximum atomic E-state index is 13.1. The molecule has 0 aliphatic carbocycles. The molecule has 140 valence electrons. The van der Waals surface area contributed by atoms with Crippen molar-refractivity contribution in [2.45, 2.75) is 13.0 Å². The van der Waals surface area contributed by atoms with Crippen LogP contribution >= 0.6 is 11.3 Å². The summed E-state index contributed by atoms with van der Waals surface area (Å²) in [5.74, 6) is 0.702. The smallest absolute Gasteiger partial charge is 0.322 e. The van der Waals surface area contributed by atoms with E-state index in [1.54, 1.807) is 20.9 Å². The largest absolute Gasteiger partial charge is 0.377 e. The molecule has 1 aliphatic rings. The van der Waals surface area contributed by atoms with Crippen LogP contribution in [0.2, 0.25) is 0 Å². The van der Waals surface area contributed by atoms with Gasteiger partial charge in [-0.3, -0.25) is 4.68 Å². The van der Waals surface area contributed by atoms with Gasteiger partial charge in [0.25, 0.3) is 0 Å². The Morgan fingerprint density at radius 3 is 2.96 bits per heavy atom. The van der Waals surface area contributed by atoms with Gasteiger partial charge in [0.15, 0.2) is 5.82 Å². The van der Waals surface area contributed by atoms with E-state index < -0.39 is 0 Å². The fourth-order valence-electron chi connectivity index (χ4n) is 3.16. The maximum absolute atomic E-state index is 13.1. The summed E-state index contributed by atoms with van der Waals surface area (Å²) in [5.41, 5.74) is 2.50. The highest BCUT2D eigenvalue weighted by molar-refractivity contribution is 7.09. The molecule has 3 aromatic rings. The van der Waals surface area contributed by atoms with Crippen molar-refractivity contribution in [3.8, 4) is 11.3 Å². The lowest BCUT2D eigenvalue weighted by molar-refractivity contribution is 0.0105. The molecule has 0 saturated carbocycles. The number of amides is 2. The van der Waals surface area contributed by atoms with E-state index in [1.807, 2.05) is 43.6 Å². The molecule has 1 atom stereocenters. The summed E-state index contributed by atoms with van der Waals surface area (Å²) in [6.07, 6.45) is 1.49. The number of hydrogen-bond acceptors (Lipinski definition) is 6. The van der Waals surface area contributed by atoms with Crippen LogP contribution in [0.4, 0.5) is 10.5 Å². The molecule has 9 heteroatoms. The third-order valence-electron chi connectivity index (χ3n) is 4.50. The minimum absolute atomic E-state index is 0.189. The molecule has 0 spiro atoms. The van der Waals surface area contributed by atoms with Gasteiger partial charge in [0.1, 0.15) is 12.4 Å². The molecule has 0 radical (unpaired) electrons. The van der Waals surface area contributed by atoms with E-state index in [0.717, 1.165) is 22.0 Å². The van der Waals surface area contributed by atoms with Gasteiger partial charge in [0, 0.05) is 24.5 Å². The summed E-state index contributed by atoms with van der Waals surface area (Å²) in [4.78, 5) is 23.6. The summed E-state index contributed by atoms with van der Waals surface area (Å²) < 4.78 is 7.25. The lowest BCUT2D eigenvalue weighted by atomic mass is 10.1. The zero-order valence-electron chi connectivity index (χ0n) is 15.1. The van der Waals surface area contributed by atoms with Crippen molar-refractivity contribution < 1.29 is 9.53 Å². The molecule has 8 nitrogen and oxygen atoms in total. The number of hydrogen-bond donors (Lipinski definition) is 1. The average Bonchev–Trinajstić information content (AvgIpc) is 3.30. The van der Waals surface area contributed by atoms with Crippen molar-refractivity contribution in [3.05, 3.63) is 46.8 Å². The first-order valence-electron chi connectivity index (χ1n) is 8.64. The Balaban J connectivity index is 1.59. The normalized spacial score (nSPS) is 17.1. The fraction of sp³-hybridized carbons (Fsp3) is 0.333. The molecular weight excluding hydrogens is 364 g/mol. The van der Waals surface area contributed by atoms with Gasteiger partial charge >= 0.3 is 6.03 Å². The number of anilines is 1. The predicted octanol–water partition coefficient (Wildman–Crippen LogP) is 2.85. The molecule has 27 heavy (non-hydrogen) atoms. The van der Waals surface area contributed by atoms with E-state index in [2.05, 4.69) is 20.4 Å². The van der Waals surface area contributed by atoms with Crippen molar-refractivity contribution >= 4 is 23.1 Å². The van der Waals surface area contributed by atoms with Crippen LogP contribution in [0.25, 0.3) is 11.3 Å². The number of carbonyl (C=O) groups excluding carboxylic acids is 1. The molecule has 0 bridgehead atoms. The van der Waals surface area contributed by atoms with E-state index in [0.29, 0.717) is 25.6 Å². The van der Waals surface area contributed by atoms with E-state index in [-0.39, 0.29) is 12.1 Å². The lowest BCUT2D eigenvalue weighted by Gasteiger charge is -2.34. The highest BCUT2D eigenvalue weighted by atomic mass is 32.1. The first kappa shape index (κ1) is 17.6. The maximum Gasteiger partial charge on any atom is 0.322 e. The highest BCUT2D eigenvalue weighted by Gasteiger charge is 2.32. The van der Waals surface area contributed by atoms with Gasteiger partial charge in [-0.2, -0.15) is 5.10 Å². The van der Waals surface area contributed by atoms with Crippen LogP contribution < -0.4 is 5.32 Å². The quantitative estimate of drug-likeness (QED) is 0.751. The third kappa shape index (κ3) is 3.56. The Labute approximate surface area is 160 Å². The van der Waals surface area contributed by atoms with Crippen LogP contribution in [-0.2, 0) is 11.8 Å². The zero-order chi connectivity index (χ0) is 18.8. The van der Waals surface area contributed by atoms with Gasteiger partial charge in [-0.15, -0.1) is 11.3 Å². The second kappa shape index (κ2) is 7.45. The van der Waals surface area contributed by atoms with Crippen molar-refractivity contribution in [3.63, 3.8) is 0 Å². The molecule has 1 aromatic carbocycles. The second-order valence-electron chi connectivity index (χ2n) is 6.25. The Hall–Kier alpha value is -2.78. The number of aryl methyl sites for hydroxylation is 2. The number of nitrogens with one attached hydrogen (secondary N) is 1. The highest BCUT2D eigenvalue weighted by Crippen LogP contribution is 2.30. The number of carbonyl (C=O) groups is 1. The fourth-order valence-corrected chi connectivity index (χ4v) is 3.77. The summed E-state index contributed by atoms with van der Waals surface area (Å²) in [6, 6.07) is 7.23. The van der Waals surface area contributed by atoms with E-state index in [9.17, 15) is 4.79 Å². The first-order valence-corrected chi connectivity index (χ1v) is 9.52. The van der Waals surface area contributed by atoms with Crippen molar-refractivity contribution in [2.24, 2.45) is 7.05 Å². The van der Waals surface area contributed by atoms with Gasteiger partial charge in [-0.05, 0) is 13.0 Å². The summed E-state index contributed by atoms with van der Waals surface area (Å²) in [5, 5.41) is 10.1. The van der Waals surface area contributed by atoms with Crippen LogP contribution in [0.3, 0.4) is 0 Å². The lowest BCUT2D eigenvalue weighted by Crippen LogP contribution is -2.46. The number of morpholine rings is 1. The van der Waals surface area contributed by atoms with E-state index in [1.165, 1.54) is 6.33 Å². The molecule has 4 rings (SSSR count). The molecular formula is C18H20N6O2S. The van der Waals surface area contributed by atoms with Crippen LogP contribution in [0, 0.1) is 6.92 Å². The molecule has 2 aromatic heterocycles. The molecule has 1 N–H and O–H groups in total. The zero-order valence-corrected chi connectivity index (χ0v) is 15.9. The van der Waals surface area contributed by atoms with Crippen LogP contribution in [0.5, 0.6) is 0 Å². The summed E-state index contributed by atoms with van der Waals surface area (Å²) in [7, 11) is 1.81. The van der Waals surface area contributed by atoms with Crippen LogP contribution in [0.1, 0.15) is 16.9 Å². The van der Waals surface area contributed by atoms with Gasteiger partial charge in [0.2, 0.25) is 0 Å². The number of nitrogens with zero attached hydrogens (tertiary/aromatic N) is 5. The number of benzene rings is 1. The van der Waals surface area contributed by atoms with Crippen LogP contribution in [0.15, 0.2) is 36.0 Å². The molecule has 2 amide bonds. The van der Waals surface area contributed by atoms with E-state index >= 15 is 0 Å². The Bertz CT molecular complexity index is 953. The van der Waals surface area contributed by atoms with Gasteiger partial charge in [-0.1, -0.05) is 18.2 Å². The van der Waals surface area contributed by atoms with Crippen molar-refractivity contribution in [1.82, 2.24) is 24.6 Å². The Morgan fingerprint density at radius 1 is 1.37 bits per heavy atom. The van der Waals surface area contributed by atoms with Crippen molar-refractivity contribution in [2.75, 3.05) is 25.1 Å². The number of ether oxygens (including phenoxy) is 1. The Kier molecular flexibility index (Phi) is 4.87. The van der Waals surface area contributed by atoms with Crippen molar-refractivity contribution in [1.29, 1.82) is 0 Å². The van der Waals surface area contributed by atoms with Gasteiger partial charge in [-0.25, -0.2) is 14.8 Å². The first-order chi connectivity index (χ1) is 13.1. The topological polar surface area (TPSA) is 85.2 Å². The Morgan fingerprint density at radius 2 is 2.22 bits per heavy atom. The van der Waals surface area contributed by atoms with Crippen LogP contribution in [-0.4, -0.2) is 50.4 Å². The standard InChI is InChI=1S/C18H20N6O2S/c1-12-21-15(10-27-12)13-5-3-4-6-14(13)22-18(25)24-7-8-26-9-16(24)17-19-11-20-23(17)2/h3-6,10-11,16H,7-9H2,1-2H3,(H,22,25). The number of thiazole rings is 1. The van der Waals surface area contributed by atoms with E-state index in [4.69, 9.17) is 4.74 Å². The average molecular weight is 384 g/mol. The summed E-state index contributed by atoms with van der Waals surface area (Å²) in [6.45, 7) is 3.34. The molecule has 1 unspecified atom stereocenters. The minimum atomic E-state index is -0.278. The summed E-state index contributed by atoms with van der Waals surface area (Å²) >= 11 is 1.59. The molecule has 3 heterocycles. The number of rotatable bonds is 3. The second-order valence-corrected chi connectivity index (χ2v) is 7.32.